The third-order valence-corrected chi connectivity index (χ3v) is 4.42. The zero-order valence-electron chi connectivity index (χ0n) is 14.8. The topological polar surface area (TPSA) is 0 Å². The van der Waals surface area contributed by atoms with E-state index in [4.69, 9.17) is 0 Å². The third-order valence-electron chi connectivity index (χ3n) is 4.42. The molecule has 0 aromatic rings. The molecule has 0 bridgehead atoms. The van der Waals surface area contributed by atoms with Gasteiger partial charge in [-0.2, -0.15) is 0 Å². The van der Waals surface area contributed by atoms with Crippen LogP contribution in [0.25, 0.3) is 0 Å². The summed E-state index contributed by atoms with van der Waals surface area (Å²) in [6.45, 7) is 0. The molecule has 0 nitrogen and oxygen atoms in total. The monoisotopic (exact) mass is 503 g/mol. The van der Waals surface area contributed by atoms with Crippen LogP contribution in [-0.4, -0.2) is 15.4 Å². The van der Waals surface area contributed by atoms with Crippen LogP contribution in [0.15, 0.2) is 47.6 Å². The van der Waals surface area contributed by atoms with Crippen LogP contribution in [0.1, 0.15) is 38.5 Å². The van der Waals surface area contributed by atoms with Crippen LogP contribution >= 0.6 is 0 Å². The Bertz CT molecular complexity index is 401. The van der Waals surface area contributed by atoms with Crippen LogP contribution in [0.3, 0.4) is 0 Å². The standard InChI is InChI=1S/2C9H11.C2H7Ge.2ClH.Zr/c2*1-2-5-9-7-3-6-8(9)4-1;1-3-2;;;/h2*1-2,4,6,9H,3,5,7H2;3H,1-2H3;2*1H;/q2*-1;;;;+4/p-2. The summed E-state index contributed by atoms with van der Waals surface area (Å²) in [5, 5.41) is 0. The zero-order chi connectivity index (χ0) is 14.9. The van der Waals surface area contributed by atoms with E-state index in [0.29, 0.717) is 15.4 Å². The van der Waals surface area contributed by atoms with E-state index in [1.165, 1.54) is 38.5 Å². The predicted molar refractivity (Wildman–Crippen MR) is 96.6 cm³/mol. The van der Waals surface area contributed by atoms with Crippen LogP contribution in [0.2, 0.25) is 11.5 Å². The van der Waals surface area contributed by atoms with Gasteiger partial charge in [-0.05, 0) is 24.7 Å². The number of fused-ring (bicyclic) bond motifs is 2. The van der Waals surface area contributed by atoms with Crippen LogP contribution in [0.5, 0.6) is 0 Å². The predicted octanol–water partition coefficient (Wildman–Crippen LogP) is -0.501. The van der Waals surface area contributed by atoms with Gasteiger partial charge in [-0.3, -0.25) is 0 Å². The van der Waals surface area contributed by atoms with Gasteiger partial charge in [0.05, 0.1) is 0 Å². The second-order valence-electron chi connectivity index (χ2n) is 6.20. The van der Waals surface area contributed by atoms with E-state index in [1.54, 1.807) is 11.1 Å². The zero-order valence-corrected chi connectivity index (χ0v) is 21.2. The van der Waals surface area contributed by atoms with Gasteiger partial charge in [0.1, 0.15) is 0 Å². The van der Waals surface area contributed by atoms with Gasteiger partial charge in [-0.1, -0.05) is 12.8 Å². The smallest absolute Gasteiger partial charge is 1.00 e. The summed E-state index contributed by atoms with van der Waals surface area (Å²) in [7, 11) is 0. The average Bonchev–Trinajstić information content (AvgIpc) is 3.17. The number of hydrogen-bond donors (Lipinski definition) is 0. The Kier molecular flexibility index (Phi) is 17.9. The molecule has 2 saturated carbocycles. The summed E-state index contributed by atoms with van der Waals surface area (Å²) in [5.41, 5.74) is 3.16. The van der Waals surface area contributed by atoms with Gasteiger partial charge >= 0.3 is 53.1 Å². The minimum absolute atomic E-state index is 0. The van der Waals surface area contributed by atoms with Crippen LogP contribution < -0.4 is 24.8 Å². The first-order valence-electron chi connectivity index (χ1n) is 8.49. The van der Waals surface area contributed by atoms with E-state index >= 15 is 0 Å². The van der Waals surface area contributed by atoms with E-state index < -0.39 is 0 Å². The fourth-order valence-electron chi connectivity index (χ4n) is 3.33. The summed E-state index contributed by atoms with van der Waals surface area (Å²) in [5.74, 6) is 6.33. The maximum Gasteiger partial charge on any atom is 4.00 e. The molecule has 0 aliphatic heterocycles. The van der Waals surface area contributed by atoms with Crippen LogP contribution in [0, 0.1) is 24.7 Å². The molecule has 4 aliphatic carbocycles. The Morgan fingerprint density at radius 3 is 1.54 bits per heavy atom. The summed E-state index contributed by atoms with van der Waals surface area (Å²) in [4.78, 5) is 0. The van der Waals surface area contributed by atoms with E-state index in [1.807, 2.05) is 0 Å². The van der Waals surface area contributed by atoms with Crippen LogP contribution in [-0.2, 0) is 26.2 Å². The van der Waals surface area contributed by atoms with Gasteiger partial charge in [0.15, 0.2) is 0 Å². The molecule has 0 aromatic heterocycles. The van der Waals surface area contributed by atoms with E-state index in [2.05, 4.69) is 60.8 Å². The number of hydrogen-bond acceptors (Lipinski definition) is 0. The quantitative estimate of drug-likeness (QED) is 0.309. The Balaban J connectivity index is 0. The second kappa shape index (κ2) is 15.9. The van der Waals surface area contributed by atoms with Crippen molar-refractivity contribution in [2.75, 3.05) is 0 Å². The van der Waals surface area contributed by atoms with Crippen molar-refractivity contribution in [2.24, 2.45) is 11.8 Å². The molecular weight excluding hydrogens is 475 g/mol. The molecule has 0 saturated heterocycles. The fraction of sp³-hybridized carbons (Fsp3) is 0.500. The molecule has 0 N–H and O–H groups in total. The second-order valence-corrected chi connectivity index (χ2v) is 8.62. The molecule has 4 aliphatic rings. The average molecular weight is 504 g/mol. The largest absolute Gasteiger partial charge is 4.00 e. The van der Waals surface area contributed by atoms with Crippen molar-refractivity contribution in [2.45, 2.75) is 50.0 Å². The summed E-state index contributed by atoms with van der Waals surface area (Å²) in [6, 6.07) is 0. The minimum atomic E-state index is 0. The van der Waals surface area contributed by atoms with Crippen molar-refractivity contribution < 1.29 is 51.0 Å². The molecular formula is C20H29Cl2GeZr. The van der Waals surface area contributed by atoms with Crippen molar-refractivity contribution in [1.82, 2.24) is 0 Å². The molecule has 24 heavy (non-hydrogen) atoms. The molecule has 2 unspecified atom stereocenters. The van der Waals surface area contributed by atoms with Gasteiger partial charge in [0.2, 0.25) is 0 Å². The summed E-state index contributed by atoms with van der Waals surface area (Å²) < 4.78 is 0. The molecule has 2 fully saturated rings. The van der Waals surface area contributed by atoms with Gasteiger partial charge < -0.3 is 24.8 Å². The van der Waals surface area contributed by atoms with E-state index in [-0.39, 0.29) is 51.0 Å². The molecule has 0 spiro atoms. The minimum Gasteiger partial charge on any atom is -1.00 e. The first kappa shape index (κ1) is 26.9. The number of rotatable bonds is 0. The Labute approximate surface area is 187 Å². The van der Waals surface area contributed by atoms with Crippen molar-refractivity contribution in [1.29, 1.82) is 0 Å². The van der Waals surface area contributed by atoms with E-state index in [0.717, 1.165) is 11.8 Å². The summed E-state index contributed by atoms with van der Waals surface area (Å²) in [6.07, 6.45) is 26.1. The number of allylic oxidation sites excluding steroid dienone is 8. The molecule has 1 radical (unpaired) electrons. The normalized spacial score (nSPS) is 24.1. The Hall–Kier alpha value is 0.706. The SMILES string of the molecule is C1=CCC2CC[CH-]C2=C1.C1=CCC2CC[CH-]C2=C1.[CH3][GeH][CH3].[Cl-].[Cl-].[Zr+4]. The van der Waals surface area contributed by atoms with Crippen molar-refractivity contribution in [3.8, 4) is 0 Å². The molecule has 2 atom stereocenters. The van der Waals surface area contributed by atoms with Gasteiger partial charge in [-0.25, -0.2) is 36.1 Å². The van der Waals surface area contributed by atoms with Crippen molar-refractivity contribution in [3.63, 3.8) is 0 Å². The van der Waals surface area contributed by atoms with Crippen molar-refractivity contribution in [3.05, 3.63) is 60.4 Å². The third kappa shape index (κ3) is 8.88. The van der Waals surface area contributed by atoms with Gasteiger partial charge in [-0.15, -0.1) is 37.1 Å². The van der Waals surface area contributed by atoms with E-state index in [9.17, 15) is 0 Å². The van der Waals surface area contributed by atoms with Crippen molar-refractivity contribution >= 4 is 15.4 Å². The van der Waals surface area contributed by atoms with Gasteiger partial charge in [0.25, 0.3) is 0 Å². The Morgan fingerprint density at radius 1 is 0.833 bits per heavy atom. The number of halogens is 2. The van der Waals surface area contributed by atoms with Gasteiger partial charge in [0, 0.05) is 0 Å². The molecule has 4 heteroatoms. The summed E-state index contributed by atoms with van der Waals surface area (Å²) >= 11 is 0.312. The maximum absolute atomic E-state index is 2.37. The molecule has 4 rings (SSSR count). The molecule has 131 valence electrons. The fourth-order valence-corrected chi connectivity index (χ4v) is 3.33. The molecule has 0 amide bonds. The molecule has 0 heterocycles. The van der Waals surface area contributed by atoms with Crippen LogP contribution in [0.4, 0.5) is 0 Å². The molecule has 0 aromatic carbocycles. The first-order valence-corrected chi connectivity index (χ1v) is 13.3. The maximum atomic E-state index is 2.37. The Morgan fingerprint density at radius 2 is 1.21 bits per heavy atom. The first-order chi connectivity index (χ1) is 10.3.